The van der Waals surface area contributed by atoms with Crippen LogP contribution < -0.4 is 5.32 Å². The van der Waals surface area contributed by atoms with E-state index in [2.05, 4.69) is 5.32 Å². The summed E-state index contributed by atoms with van der Waals surface area (Å²) >= 11 is 0. The summed E-state index contributed by atoms with van der Waals surface area (Å²) in [6.45, 7) is 1.96. The van der Waals surface area contributed by atoms with Crippen molar-refractivity contribution in [3.05, 3.63) is 47.0 Å². The molecule has 0 spiro atoms. The molecule has 0 fully saturated rings. The van der Waals surface area contributed by atoms with E-state index in [9.17, 15) is 10.2 Å². The first kappa shape index (κ1) is 11.2. The molecule has 1 aliphatic heterocycles. The lowest BCUT2D eigenvalue weighted by Gasteiger charge is -2.11. The molecule has 0 aliphatic carbocycles. The number of aromatic hydroxyl groups is 2. The molecule has 1 aromatic heterocycles. The number of hydrogen-bond acceptors (Lipinski definition) is 3. The van der Waals surface area contributed by atoms with Gasteiger partial charge in [-0.15, -0.1) is 0 Å². The third kappa shape index (κ3) is 1.75. The van der Waals surface area contributed by atoms with Gasteiger partial charge < -0.3 is 15.5 Å². The van der Waals surface area contributed by atoms with Gasteiger partial charge in [-0.3, -0.25) is 4.57 Å². The highest BCUT2D eigenvalue weighted by Gasteiger charge is 2.24. The second-order valence-corrected chi connectivity index (χ2v) is 4.60. The Balaban J connectivity index is 2.00. The Hall–Kier alpha value is -1.94. The standard InChI is InChI=1S/C14H16N2O2/c17-13-11-6-7-15-8-12(11)14(18)16(13)9-10-4-2-1-3-5-10/h1-5,15,17-18H,6-9H2. The van der Waals surface area contributed by atoms with E-state index in [0.717, 1.165) is 29.7 Å². The van der Waals surface area contributed by atoms with Crippen LogP contribution in [0.1, 0.15) is 16.7 Å². The van der Waals surface area contributed by atoms with Crippen molar-refractivity contribution in [3.8, 4) is 11.8 Å². The van der Waals surface area contributed by atoms with Gasteiger partial charge in [0.1, 0.15) is 0 Å². The normalized spacial score (nSPS) is 14.4. The molecule has 0 unspecified atom stereocenters. The smallest absolute Gasteiger partial charge is 0.199 e. The van der Waals surface area contributed by atoms with Crippen molar-refractivity contribution < 1.29 is 10.2 Å². The van der Waals surface area contributed by atoms with Crippen molar-refractivity contribution in [2.75, 3.05) is 6.54 Å². The molecule has 0 bridgehead atoms. The fourth-order valence-corrected chi connectivity index (χ4v) is 2.49. The average molecular weight is 244 g/mol. The highest BCUT2D eigenvalue weighted by molar-refractivity contribution is 5.47. The molecule has 0 saturated carbocycles. The van der Waals surface area contributed by atoms with Gasteiger partial charge in [0.25, 0.3) is 0 Å². The number of rotatable bonds is 2. The van der Waals surface area contributed by atoms with Gasteiger partial charge in [-0.25, -0.2) is 0 Å². The number of aromatic nitrogens is 1. The minimum Gasteiger partial charge on any atom is -0.494 e. The van der Waals surface area contributed by atoms with Crippen molar-refractivity contribution in [2.45, 2.75) is 19.5 Å². The van der Waals surface area contributed by atoms with E-state index in [1.807, 2.05) is 30.3 Å². The zero-order valence-electron chi connectivity index (χ0n) is 10.1. The Bertz CT molecular complexity index is 531. The highest BCUT2D eigenvalue weighted by Crippen LogP contribution is 2.36. The molecule has 2 aromatic rings. The summed E-state index contributed by atoms with van der Waals surface area (Å²) < 4.78 is 1.58. The third-order valence-corrected chi connectivity index (χ3v) is 3.45. The van der Waals surface area contributed by atoms with E-state index in [1.54, 1.807) is 4.57 Å². The third-order valence-electron chi connectivity index (χ3n) is 3.45. The summed E-state index contributed by atoms with van der Waals surface area (Å²) in [7, 11) is 0. The number of hydrogen-bond donors (Lipinski definition) is 3. The monoisotopic (exact) mass is 244 g/mol. The fraction of sp³-hybridized carbons (Fsp3) is 0.286. The molecule has 94 valence electrons. The second-order valence-electron chi connectivity index (χ2n) is 4.60. The minimum absolute atomic E-state index is 0.179. The molecule has 4 heteroatoms. The van der Waals surface area contributed by atoms with Crippen LogP contribution >= 0.6 is 0 Å². The molecule has 2 heterocycles. The van der Waals surface area contributed by atoms with Crippen LogP contribution in [0.4, 0.5) is 0 Å². The second kappa shape index (κ2) is 4.38. The summed E-state index contributed by atoms with van der Waals surface area (Å²) in [5.74, 6) is 0.381. The van der Waals surface area contributed by atoms with E-state index >= 15 is 0 Å². The highest BCUT2D eigenvalue weighted by atomic mass is 16.3. The number of nitrogens with zero attached hydrogens (tertiary/aromatic N) is 1. The van der Waals surface area contributed by atoms with Gasteiger partial charge in [0.2, 0.25) is 0 Å². The van der Waals surface area contributed by atoms with Crippen LogP contribution in [-0.2, 0) is 19.5 Å². The largest absolute Gasteiger partial charge is 0.494 e. The topological polar surface area (TPSA) is 57.4 Å². The number of nitrogens with one attached hydrogen (secondary N) is 1. The van der Waals surface area contributed by atoms with Gasteiger partial charge in [-0.1, -0.05) is 30.3 Å². The van der Waals surface area contributed by atoms with Crippen molar-refractivity contribution in [2.24, 2.45) is 0 Å². The lowest BCUT2D eigenvalue weighted by Crippen LogP contribution is -2.22. The maximum Gasteiger partial charge on any atom is 0.199 e. The predicted molar refractivity (Wildman–Crippen MR) is 68.7 cm³/mol. The molecule has 18 heavy (non-hydrogen) atoms. The first-order chi connectivity index (χ1) is 8.77. The maximum atomic E-state index is 10.2. The molecule has 3 N–H and O–H groups in total. The molecule has 0 atom stereocenters. The van der Waals surface area contributed by atoms with E-state index in [-0.39, 0.29) is 11.8 Å². The zero-order chi connectivity index (χ0) is 12.5. The van der Waals surface area contributed by atoms with Crippen LogP contribution in [0.2, 0.25) is 0 Å². The van der Waals surface area contributed by atoms with Crippen molar-refractivity contribution in [1.29, 1.82) is 0 Å². The summed E-state index contributed by atoms with van der Waals surface area (Å²) in [4.78, 5) is 0. The van der Waals surface area contributed by atoms with Gasteiger partial charge in [0.05, 0.1) is 6.54 Å². The Morgan fingerprint density at radius 2 is 1.78 bits per heavy atom. The fourth-order valence-electron chi connectivity index (χ4n) is 2.49. The van der Waals surface area contributed by atoms with E-state index in [0.29, 0.717) is 13.1 Å². The van der Waals surface area contributed by atoms with Crippen molar-refractivity contribution in [3.63, 3.8) is 0 Å². The van der Waals surface area contributed by atoms with Gasteiger partial charge >= 0.3 is 0 Å². The molecule has 0 radical (unpaired) electrons. The van der Waals surface area contributed by atoms with Crippen LogP contribution in [0, 0.1) is 0 Å². The number of benzene rings is 1. The summed E-state index contributed by atoms with van der Waals surface area (Å²) in [6.07, 6.45) is 0.760. The van der Waals surface area contributed by atoms with Gasteiger partial charge in [-0.05, 0) is 18.5 Å². The Morgan fingerprint density at radius 1 is 1.06 bits per heavy atom. The Labute approximate surface area is 105 Å². The Morgan fingerprint density at radius 3 is 2.50 bits per heavy atom. The Kier molecular flexibility index (Phi) is 2.72. The SMILES string of the molecule is Oc1c2c(c(O)n1Cc1ccccc1)CNCC2. The average Bonchev–Trinajstić information content (AvgIpc) is 2.66. The summed E-state index contributed by atoms with van der Waals surface area (Å²) in [5, 5.41) is 23.6. The van der Waals surface area contributed by atoms with Crippen molar-refractivity contribution >= 4 is 0 Å². The molecule has 4 nitrogen and oxygen atoms in total. The van der Waals surface area contributed by atoms with E-state index < -0.39 is 0 Å². The first-order valence-electron chi connectivity index (χ1n) is 6.14. The summed E-state index contributed by atoms with van der Waals surface area (Å²) in [5.41, 5.74) is 2.76. The maximum absolute atomic E-state index is 10.2. The minimum atomic E-state index is 0.179. The molecular weight excluding hydrogens is 228 g/mol. The quantitative estimate of drug-likeness (QED) is 0.752. The lowest BCUT2D eigenvalue weighted by molar-refractivity contribution is 0.374. The van der Waals surface area contributed by atoms with Gasteiger partial charge in [0.15, 0.2) is 11.8 Å². The molecular formula is C14H16N2O2. The first-order valence-corrected chi connectivity index (χ1v) is 6.14. The van der Waals surface area contributed by atoms with Crippen molar-refractivity contribution in [1.82, 2.24) is 9.88 Å². The molecule has 3 rings (SSSR count). The van der Waals surface area contributed by atoms with E-state index in [4.69, 9.17) is 0 Å². The van der Waals surface area contributed by atoms with E-state index in [1.165, 1.54) is 0 Å². The lowest BCUT2D eigenvalue weighted by atomic mass is 10.1. The molecule has 1 aromatic carbocycles. The van der Waals surface area contributed by atoms with Crippen LogP contribution in [0.5, 0.6) is 11.8 Å². The number of fused-ring (bicyclic) bond motifs is 1. The van der Waals surface area contributed by atoms with Crippen LogP contribution in [0.3, 0.4) is 0 Å². The van der Waals surface area contributed by atoms with Crippen LogP contribution in [-0.4, -0.2) is 21.3 Å². The summed E-state index contributed by atoms with van der Waals surface area (Å²) in [6, 6.07) is 9.82. The molecule has 0 amide bonds. The van der Waals surface area contributed by atoms with Crippen LogP contribution in [0.15, 0.2) is 30.3 Å². The van der Waals surface area contributed by atoms with Crippen LogP contribution in [0.25, 0.3) is 0 Å². The predicted octanol–water partition coefficient (Wildman–Crippen LogP) is 1.59. The molecule has 0 saturated heterocycles. The zero-order valence-corrected chi connectivity index (χ0v) is 10.1. The van der Waals surface area contributed by atoms with Gasteiger partial charge in [0, 0.05) is 17.7 Å². The molecule has 1 aliphatic rings. The van der Waals surface area contributed by atoms with Gasteiger partial charge in [-0.2, -0.15) is 0 Å².